The topological polar surface area (TPSA) is 69.3 Å². The lowest BCUT2D eigenvalue weighted by molar-refractivity contribution is -0.156. The highest BCUT2D eigenvalue weighted by molar-refractivity contribution is 6.00. The second-order valence-corrected chi connectivity index (χ2v) is 2.58. The van der Waals surface area contributed by atoms with Crippen molar-refractivity contribution in [1.82, 2.24) is 0 Å². The third-order valence-corrected chi connectivity index (χ3v) is 1.45. The Morgan fingerprint density at radius 2 is 1.81 bits per heavy atom. The molecule has 0 amide bonds. The van der Waals surface area contributed by atoms with Crippen molar-refractivity contribution in [3.63, 3.8) is 0 Å². The Hall–Kier alpha value is -1.90. The summed E-state index contributed by atoms with van der Waals surface area (Å²) in [7, 11) is 0. The number of hydrogen-bond acceptors (Lipinski definition) is 5. The van der Waals surface area contributed by atoms with Crippen molar-refractivity contribution < 1.29 is 19.1 Å². The van der Waals surface area contributed by atoms with Gasteiger partial charge < -0.3 is 14.3 Å². The maximum Gasteiger partial charge on any atom is 0.342 e. The Labute approximate surface area is 94.1 Å². The first-order chi connectivity index (χ1) is 7.67. The molecule has 0 atom stereocenters. The van der Waals surface area contributed by atoms with E-state index in [1.807, 2.05) is 0 Å². The molecule has 0 aromatic carbocycles. The molecule has 0 radical (unpaired) electrons. The molecule has 16 heavy (non-hydrogen) atoms. The van der Waals surface area contributed by atoms with E-state index in [-0.39, 0.29) is 19.8 Å². The third kappa shape index (κ3) is 5.10. The van der Waals surface area contributed by atoms with Crippen LogP contribution in [0.25, 0.3) is 4.85 Å². The summed E-state index contributed by atoms with van der Waals surface area (Å²) in [5, 5.41) is 0. The van der Waals surface area contributed by atoms with Crippen LogP contribution in [0.4, 0.5) is 0 Å². The van der Waals surface area contributed by atoms with Crippen LogP contribution in [0.5, 0.6) is 0 Å². The first-order valence-corrected chi connectivity index (χ1v) is 4.85. The minimum Gasteiger partial charge on any atom is -0.464 e. The number of rotatable bonds is 6. The molecule has 0 aromatic rings. The molecule has 6 heteroatoms. The van der Waals surface area contributed by atoms with Crippen LogP contribution < -0.4 is 0 Å². The smallest absolute Gasteiger partial charge is 0.342 e. The lowest BCUT2D eigenvalue weighted by atomic mass is 10.3. The van der Waals surface area contributed by atoms with Crippen molar-refractivity contribution in [2.45, 2.75) is 19.9 Å². The van der Waals surface area contributed by atoms with Gasteiger partial charge >= 0.3 is 11.9 Å². The Balaban J connectivity index is 4.56. The van der Waals surface area contributed by atoms with Gasteiger partial charge in [-0.25, -0.2) is 16.2 Å². The average Bonchev–Trinajstić information content (AvgIpc) is 2.25. The Morgan fingerprint density at radius 3 is 2.19 bits per heavy atom. The number of carbonyl (C=O) groups is 2. The number of ether oxygens (including phenoxy) is 2. The van der Waals surface area contributed by atoms with Crippen molar-refractivity contribution in [3.05, 3.63) is 11.4 Å². The molecule has 0 aliphatic carbocycles. The van der Waals surface area contributed by atoms with Crippen molar-refractivity contribution in [3.8, 4) is 0 Å². The summed E-state index contributed by atoms with van der Waals surface area (Å²) in [6.45, 7) is 10.1. The van der Waals surface area contributed by atoms with Gasteiger partial charge in [0.1, 0.15) is 0 Å². The minimum atomic E-state index is -1.32. The number of nitrogens with zero attached hydrogens (tertiary/aromatic N) is 2. The summed E-state index contributed by atoms with van der Waals surface area (Å²) in [6.07, 6.45) is 1.20. The van der Waals surface area contributed by atoms with Crippen molar-refractivity contribution in [1.29, 1.82) is 0 Å². The molecule has 0 fully saturated rings. The maximum atomic E-state index is 11.3. The van der Waals surface area contributed by atoms with E-state index in [2.05, 4.69) is 19.3 Å². The summed E-state index contributed by atoms with van der Waals surface area (Å²) in [5.74, 6) is -1.52. The third-order valence-electron chi connectivity index (χ3n) is 1.45. The zero-order chi connectivity index (χ0) is 12.4. The van der Waals surface area contributed by atoms with Crippen LogP contribution in [0.15, 0.2) is 4.99 Å². The molecule has 0 unspecified atom stereocenters. The molecular formula is C10H14N2O4. The summed E-state index contributed by atoms with van der Waals surface area (Å²) < 4.78 is 9.34. The number of aliphatic imine (C=N–C) groups is 1. The van der Waals surface area contributed by atoms with Gasteiger partial charge in [0.15, 0.2) is 0 Å². The molecule has 0 heterocycles. The number of carbonyl (C=O) groups excluding carboxylic acids is 2. The highest BCUT2D eigenvalue weighted by Gasteiger charge is 2.28. The molecule has 0 aromatic heterocycles. The van der Waals surface area contributed by atoms with Crippen LogP contribution in [0, 0.1) is 6.57 Å². The van der Waals surface area contributed by atoms with E-state index in [9.17, 15) is 9.59 Å². The Kier molecular flexibility index (Phi) is 7.41. The zero-order valence-electron chi connectivity index (χ0n) is 9.30. The van der Waals surface area contributed by atoms with E-state index < -0.39 is 18.0 Å². The molecule has 0 saturated carbocycles. The quantitative estimate of drug-likeness (QED) is 0.286. The molecule has 0 spiro atoms. The molecule has 0 aliphatic rings. The highest BCUT2D eigenvalue weighted by Crippen LogP contribution is 1.99. The first kappa shape index (κ1) is 14.1. The fraction of sp³-hybridized carbons (Fsp3) is 0.600. The molecule has 0 rings (SSSR count). The van der Waals surface area contributed by atoms with Gasteiger partial charge in [-0.1, -0.05) is 0 Å². The van der Waals surface area contributed by atoms with Gasteiger partial charge in [-0.05, 0) is 13.8 Å². The molecule has 0 N–H and O–H groups in total. The van der Waals surface area contributed by atoms with Gasteiger partial charge in [0.2, 0.25) is 12.6 Å². The highest BCUT2D eigenvalue weighted by atomic mass is 16.6. The second kappa shape index (κ2) is 8.41. The van der Waals surface area contributed by atoms with E-state index >= 15 is 0 Å². The summed E-state index contributed by atoms with van der Waals surface area (Å²) >= 11 is 0. The van der Waals surface area contributed by atoms with Gasteiger partial charge in [-0.2, -0.15) is 0 Å². The summed E-state index contributed by atoms with van der Waals surface area (Å²) in [5.41, 5.74) is 0. The number of esters is 2. The van der Waals surface area contributed by atoms with Crippen molar-refractivity contribution in [2.24, 2.45) is 4.99 Å². The monoisotopic (exact) mass is 226 g/mol. The van der Waals surface area contributed by atoms with Crippen LogP contribution in [0.3, 0.4) is 0 Å². The van der Waals surface area contributed by atoms with Gasteiger partial charge in [-0.15, -0.1) is 0 Å². The predicted octanol–water partition coefficient (Wildman–Crippen LogP) is 0.471. The summed E-state index contributed by atoms with van der Waals surface area (Å²) in [6, 6.07) is -1.32. The first-order valence-electron chi connectivity index (χ1n) is 4.85. The molecular weight excluding hydrogens is 212 g/mol. The molecule has 6 nitrogen and oxygen atoms in total. The van der Waals surface area contributed by atoms with E-state index in [1.165, 1.54) is 6.21 Å². The maximum absolute atomic E-state index is 11.3. The fourth-order valence-electron chi connectivity index (χ4n) is 0.854. The SMILES string of the molecule is [C-]#[N+]CC=NC(C(=O)OCC)C(=O)OCC. The van der Waals surface area contributed by atoms with Crippen LogP contribution in [-0.2, 0) is 19.1 Å². The second-order valence-electron chi connectivity index (χ2n) is 2.58. The van der Waals surface area contributed by atoms with Gasteiger partial charge in [-0.3, -0.25) is 4.99 Å². The molecule has 0 bridgehead atoms. The zero-order valence-corrected chi connectivity index (χ0v) is 9.30. The van der Waals surface area contributed by atoms with Crippen LogP contribution in [0.2, 0.25) is 0 Å². The van der Waals surface area contributed by atoms with Crippen LogP contribution >= 0.6 is 0 Å². The van der Waals surface area contributed by atoms with Gasteiger partial charge in [0.05, 0.1) is 19.4 Å². The molecule has 0 aliphatic heterocycles. The average molecular weight is 226 g/mol. The molecule has 0 saturated heterocycles. The van der Waals surface area contributed by atoms with Crippen molar-refractivity contribution in [2.75, 3.05) is 19.8 Å². The van der Waals surface area contributed by atoms with E-state index in [0.29, 0.717) is 0 Å². The number of hydrogen-bond donors (Lipinski definition) is 0. The van der Waals surface area contributed by atoms with E-state index in [1.54, 1.807) is 13.8 Å². The lowest BCUT2D eigenvalue weighted by Crippen LogP contribution is -2.32. The lowest BCUT2D eigenvalue weighted by Gasteiger charge is -2.09. The largest absolute Gasteiger partial charge is 0.464 e. The van der Waals surface area contributed by atoms with Gasteiger partial charge in [0.25, 0.3) is 0 Å². The standard InChI is InChI=1S/C10H14N2O4/c1-4-15-9(13)8(10(14)16-5-2)12-7-6-11-3/h7-8H,4-6H2,1-2H3. The Morgan fingerprint density at radius 1 is 1.31 bits per heavy atom. The normalized spacial score (nSPS) is 10.1. The fourth-order valence-corrected chi connectivity index (χ4v) is 0.854. The van der Waals surface area contributed by atoms with Crippen molar-refractivity contribution >= 4 is 18.2 Å². The van der Waals surface area contributed by atoms with E-state index in [0.717, 1.165) is 0 Å². The van der Waals surface area contributed by atoms with Crippen LogP contribution in [0.1, 0.15) is 13.8 Å². The summed E-state index contributed by atoms with van der Waals surface area (Å²) in [4.78, 5) is 29.4. The van der Waals surface area contributed by atoms with Crippen LogP contribution in [-0.4, -0.2) is 44.0 Å². The minimum absolute atomic E-state index is 0.00924. The Bertz CT molecular complexity index is 288. The van der Waals surface area contributed by atoms with E-state index in [4.69, 9.17) is 6.57 Å². The predicted molar refractivity (Wildman–Crippen MR) is 57.0 cm³/mol. The van der Waals surface area contributed by atoms with Gasteiger partial charge in [0, 0.05) is 0 Å². The molecule has 88 valence electrons.